The summed E-state index contributed by atoms with van der Waals surface area (Å²) in [6, 6.07) is 17.0. The van der Waals surface area contributed by atoms with Crippen LogP contribution in [0.2, 0.25) is 0 Å². The third-order valence-corrected chi connectivity index (χ3v) is 10.00. The zero-order valence-electron chi connectivity index (χ0n) is 24.8. The number of ether oxygens (including phenoxy) is 1. The molecule has 39 heavy (non-hydrogen) atoms. The van der Waals surface area contributed by atoms with Gasteiger partial charge in [0.1, 0.15) is 0 Å². The Morgan fingerprint density at radius 2 is 1.46 bits per heavy atom. The molecule has 2 aromatic carbocycles. The van der Waals surface area contributed by atoms with Crippen LogP contribution in [0.15, 0.2) is 68.1 Å². The minimum Gasteiger partial charge on any atom is -0.466 e. The van der Waals surface area contributed by atoms with Crippen LogP contribution in [-0.2, 0) is 14.3 Å². The minimum absolute atomic E-state index is 0.0646. The van der Waals surface area contributed by atoms with E-state index in [0.717, 1.165) is 37.0 Å². The van der Waals surface area contributed by atoms with E-state index >= 15 is 0 Å². The molecule has 0 saturated heterocycles. The molecule has 3 rings (SSSR count). The number of rotatable bonds is 11. The normalized spacial score (nSPS) is 20.9. The first-order valence-corrected chi connectivity index (χ1v) is 16.6. The van der Waals surface area contributed by atoms with Gasteiger partial charge in [-0.2, -0.15) is 0 Å². The van der Waals surface area contributed by atoms with Crippen molar-refractivity contribution in [1.82, 2.24) is 0 Å². The molecule has 2 atom stereocenters. The maximum absolute atomic E-state index is 12.9. The van der Waals surface area contributed by atoms with E-state index in [4.69, 9.17) is 4.74 Å². The van der Waals surface area contributed by atoms with Crippen molar-refractivity contribution in [3.05, 3.63) is 48.5 Å². The Hall–Kier alpha value is -1.37. The van der Waals surface area contributed by atoms with Gasteiger partial charge in [0.15, 0.2) is 5.12 Å². The second-order valence-corrected chi connectivity index (χ2v) is 17.3. The predicted molar refractivity (Wildman–Crippen MR) is 168 cm³/mol. The van der Waals surface area contributed by atoms with Crippen LogP contribution in [0.1, 0.15) is 93.4 Å². The van der Waals surface area contributed by atoms with Crippen molar-refractivity contribution in [2.24, 2.45) is 16.7 Å². The van der Waals surface area contributed by atoms with E-state index < -0.39 is 0 Å². The zero-order valence-corrected chi connectivity index (χ0v) is 27.3. The molecule has 0 heterocycles. The molecule has 1 aliphatic carbocycles. The zero-order chi connectivity index (χ0) is 28.7. The third kappa shape index (κ3) is 11.6. The van der Waals surface area contributed by atoms with Crippen LogP contribution < -0.4 is 0 Å². The molecular formula is C33H46O3S3. The molecule has 2 aromatic rings. The van der Waals surface area contributed by atoms with E-state index in [2.05, 4.69) is 90.1 Å². The Bertz CT molecular complexity index is 1090. The standard InChI is InChI=1S/C33H46O3S3/c1-8-19-36-29(34)20-24-21-32(5,6)23-33(7,22-24)18-17-30(35)38-27-11-9-25(10-12-27)37-26-13-15-28(16-14-26)39-31(2,3)4/h9-16,24H,8,17-23H2,1-7H3. The molecule has 3 nitrogen and oxygen atoms in total. The van der Waals surface area contributed by atoms with Crippen molar-refractivity contribution in [3.8, 4) is 0 Å². The number of carbonyl (C=O) groups excluding carboxylic acids is 2. The number of carbonyl (C=O) groups is 2. The maximum atomic E-state index is 12.9. The van der Waals surface area contributed by atoms with Gasteiger partial charge in [0.25, 0.3) is 0 Å². The average Bonchev–Trinajstić information content (AvgIpc) is 2.82. The molecule has 2 unspecified atom stereocenters. The Morgan fingerprint density at radius 3 is 2.03 bits per heavy atom. The summed E-state index contributed by atoms with van der Waals surface area (Å²) in [5.41, 5.74) is 0.229. The number of hydrogen-bond donors (Lipinski definition) is 0. The van der Waals surface area contributed by atoms with Gasteiger partial charge in [-0.25, -0.2) is 0 Å². The van der Waals surface area contributed by atoms with Gasteiger partial charge in [0, 0.05) is 37.2 Å². The summed E-state index contributed by atoms with van der Waals surface area (Å²) in [6.45, 7) is 16.1. The first kappa shape index (κ1) is 32.1. The lowest BCUT2D eigenvalue weighted by Gasteiger charge is -2.46. The molecule has 0 radical (unpaired) electrons. The van der Waals surface area contributed by atoms with Crippen molar-refractivity contribution >= 4 is 46.4 Å². The summed E-state index contributed by atoms with van der Waals surface area (Å²) in [6.07, 6.45) is 5.87. The molecule has 1 aliphatic rings. The van der Waals surface area contributed by atoms with Crippen molar-refractivity contribution in [2.75, 3.05) is 6.61 Å². The Labute approximate surface area is 249 Å². The Kier molecular flexibility index (Phi) is 11.5. The van der Waals surface area contributed by atoms with Gasteiger partial charge in [-0.05, 0) is 97.4 Å². The fourth-order valence-electron chi connectivity index (χ4n) is 5.92. The predicted octanol–water partition coefficient (Wildman–Crippen LogP) is 10.3. The molecule has 6 heteroatoms. The summed E-state index contributed by atoms with van der Waals surface area (Å²) in [4.78, 5) is 29.8. The molecular weight excluding hydrogens is 541 g/mol. The summed E-state index contributed by atoms with van der Waals surface area (Å²) >= 11 is 4.97. The van der Waals surface area contributed by atoms with Crippen LogP contribution in [0, 0.1) is 16.7 Å². The lowest BCUT2D eigenvalue weighted by Crippen LogP contribution is -2.37. The van der Waals surface area contributed by atoms with E-state index in [0.29, 0.717) is 25.4 Å². The smallest absolute Gasteiger partial charge is 0.306 e. The molecule has 0 spiro atoms. The summed E-state index contributed by atoms with van der Waals surface area (Å²) in [7, 11) is 0. The average molecular weight is 587 g/mol. The quantitative estimate of drug-likeness (QED) is 0.193. The first-order chi connectivity index (χ1) is 18.2. The topological polar surface area (TPSA) is 43.4 Å². The second-order valence-electron chi connectivity index (χ2n) is 13.1. The van der Waals surface area contributed by atoms with Gasteiger partial charge in [0.2, 0.25) is 0 Å². The molecule has 1 fully saturated rings. The van der Waals surface area contributed by atoms with Crippen LogP contribution in [0.4, 0.5) is 0 Å². The van der Waals surface area contributed by atoms with Gasteiger partial charge in [0.05, 0.1) is 6.61 Å². The summed E-state index contributed by atoms with van der Waals surface area (Å²) in [5.74, 6) is 0.246. The Morgan fingerprint density at radius 1 is 0.897 bits per heavy atom. The molecule has 0 aromatic heterocycles. The van der Waals surface area contributed by atoms with E-state index in [1.54, 1.807) is 11.8 Å². The monoisotopic (exact) mass is 586 g/mol. The van der Waals surface area contributed by atoms with Gasteiger partial charge >= 0.3 is 5.97 Å². The highest BCUT2D eigenvalue weighted by atomic mass is 32.2. The fraction of sp³-hybridized carbons (Fsp3) is 0.576. The minimum atomic E-state index is -0.0771. The van der Waals surface area contributed by atoms with Crippen LogP contribution in [-0.4, -0.2) is 22.4 Å². The lowest BCUT2D eigenvalue weighted by molar-refractivity contribution is -0.146. The lowest BCUT2D eigenvalue weighted by atomic mass is 9.59. The molecule has 214 valence electrons. The first-order valence-electron chi connectivity index (χ1n) is 14.2. The number of esters is 1. The van der Waals surface area contributed by atoms with E-state index in [9.17, 15) is 9.59 Å². The van der Waals surface area contributed by atoms with Crippen molar-refractivity contribution in [2.45, 2.75) is 118 Å². The van der Waals surface area contributed by atoms with Crippen LogP contribution >= 0.6 is 35.3 Å². The molecule has 1 saturated carbocycles. The molecule has 0 aliphatic heterocycles. The van der Waals surface area contributed by atoms with Crippen molar-refractivity contribution in [1.29, 1.82) is 0 Å². The van der Waals surface area contributed by atoms with Crippen molar-refractivity contribution < 1.29 is 14.3 Å². The van der Waals surface area contributed by atoms with Crippen LogP contribution in [0.5, 0.6) is 0 Å². The van der Waals surface area contributed by atoms with Gasteiger partial charge in [-0.15, -0.1) is 11.8 Å². The highest BCUT2D eigenvalue weighted by Crippen LogP contribution is 2.52. The Balaban J connectivity index is 1.49. The number of thioether (sulfide) groups is 2. The maximum Gasteiger partial charge on any atom is 0.306 e. The highest BCUT2D eigenvalue weighted by Gasteiger charge is 2.41. The summed E-state index contributed by atoms with van der Waals surface area (Å²) in [5, 5.41) is 0.214. The van der Waals surface area contributed by atoms with E-state index in [-0.39, 0.29) is 26.7 Å². The van der Waals surface area contributed by atoms with Gasteiger partial charge < -0.3 is 4.74 Å². The van der Waals surface area contributed by atoms with E-state index in [1.807, 2.05) is 18.7 Å². The fourth-order valence-corrected chi connectivity index (χ4v) is 8.46. The number of hydrogen-bond acceptors (Lipinski definition) is 6. The number of benzene rings is 2. The largest absolute Gasteiger partial charge is 0.466 e. The van der Waals surface area contributed by atoms with Gasteiger partial charge in [-0.3, -0.25) is 9.59 Å². The van der Waals surface area contributed by atoms with Gasteiger partial charge in [-0.1, -0.05) is 72.0 Å². The molecule has 0 bridgehead atoms. The highest BCUT2D eigenvalue weighted by molar-refractivity contribution is 8.13. The van der Waals surface area contributed by atoms with Crippen LogP contribution in [0.25, 0.3) is 0 Å². The molecule has 0 amide bonds. The van der Waals surface area contributed by atoms with Crippen molar-refractivity contribution in [3.63, 3.8) is 0 Å². The summed E-state index contributed by atoms with van der Waals surface area (Å²) < 4.78 is 5.56. The SMILES string of the molecule is CCCOC(=O)CC1CC(C)(C)CC(C)(CCC(=O)Sc2ccc(Sc3ccc(SC(C)(C)C)cc3)cc2)C1. The van der Waals surface area contributed by atoms with Crippen LogP contribution in [0.3, 0.4) is 0 Å². The molecule has 0 N–H and O–H groups in total. The third-order valence-electron chi connectivity index (χ3n) is 6.92. The second kappa shape index (κ2) is 14.0. The van der Waals surface area contributed by atoms with E-state index in [1.165, 1.54) is 26.4 Å².